The molecule has 7 N–H and O–H groups in total. The van der Waals surface area contributed by atoms with Crippen molar-refractivity contribution in [1.29, 1.82) is 0 Å². The number of nitrogens with two attached hydrogens (primary N) is 1. The lowest BCUT2D eigenvalue weighted by molar-refractivity contribution is -0.147. The number of amides is 6. The lowest BCUT2D eigenvalue weighted by Crippen LogP contribution is -2.60. The number of rotatable bonds is 18. The fourth-order valence-electron chi connectivity index (χ4n) is 4.81. The van der Waals surface area contributed by atoms with Gasteiger partial charge >= 0.3 is 12.1 Å². The zero-order valence-electron chi connectivity index (χ0n) is 30.8. The number of alkyl carbamates (subject to hydrolysis) is 1. The van der Waals surface area contributed by atoms with Gasteiger partial charge in [-0.3, -0.25) is 28.8 Å². The smallest absolute Gasteiger partial charge is 0.408 e. The van der Waals surface area contributed by atoms with E-state index >= 15 is 0 Å². The van der Waals surface area contributed by atoms with E-state index in [-0.39, 0.29) is 13.0 Å². The molecule has 2 aromatic rings. The fraction of sp³-hybridized carbons (Fsp3) is 0.486. The van der Waals surface area contributed by atoms with Gasteiger partial charge in [0, 0.05) is 6.42 Å². The van der Waals surface area contributed by atoms with Crippen molar-refractivity contribution in [3.8, 4) is 0 Å². The minimum Gasteiger partial charge on any atom is -0.461 e. The molecule has 0 aliphatic carbocycles. The molecule has 15 heteroatoms. The minimum atomic E-state index is -1.55. The monoisotopic (exact) mass is 724 g/mol. The molecule has 0 fully saturated rings. The number of nitrogens with one attached hydrogen (secondary N) is 5. The van der Waals surface area contributed by atoms with Gasteiger partial charge in [-0.05, 0) is 43.7 Å². The Bertz CT molecular complexity index is 1530. The molecule has 0 heterocycles. The van der Waals surface area contributed by atoms with E-state index in [1.54, 1.807) is 109 Å². The third-order valence-electron chi connectivity index (χ3n) is 7.47. The van der Waals surface area contributed by atoms with Gasteiger partial charge in [-0.25, -0.2) is 4.79 Å². The number of hydrogen-bond donors (Lipinski definition) is 6. The highest BCUT2D eigenvalue weighted by molar-refractivity contribution is 5.97. The number of hydrogen-bond acceptors (Lipinski definition) is 9. The molecular weight excluding hydrogens is 672 g/mol. The molecule has 0 saturated heterocycles. The summed E-state index contributed by atoms with van der Waals surface area (Å²) in [4.78, 5) is 91.0. The van der Waals surface area contributed by atoms with Gasteiger partial charge in [0.2, 0.25) is 29.5 Å². The van der Waals surface area contributed by atoms with E-state index in [2.05, 4.69) is 26.6 Å². The van der Waals surface area contributed by atoms with Crippen molar-refractivity contribution in [3.63, 3.8) is 0 Å². The van der Waals surface area contributed by atoms with Crippen LogP contribution in [0.1, 0.15) is 66.0 Å². The molecule has 15 nitrogen and oxygen atoms in total. The molecule has 0 radical (unpaired) electrons. The van der Waals surface area contributed by atoms with Crippen molar-refractivity contribution in [1.82, 2.24) is 26.6 Å². The topological polar surface area (TPSA) is 224 Å². The van der Waals surface area contributed by atoms with E-state index in [1.165, 1.54) is 0 Å². The molecule has 4 atom stereocenters. The summed E-state index contributed by atoms with van der Waals surface area (Å²) in [6.45, 7) is 11.1. The van der Waals surface area contributed by atoms with Crippen LogP contribution in [0.5, 0.6) is 0 Å². The highest BCUT2D eigenvalue weighted by Gasteiger charge is 2.35. The summed E-state index contributed by atoms with van der Waals surface area (Å²) in [5.41, 5.74) is 5.65. The predicted octanol–water partition coefficient (Wildman–Crippen LogP) is 1.62. The Morgan fingerprint density at radius 2 is 1.15 bits per heavy atom. The standard InChI is InChI=1S/C37H52N6O9/c1-22(2)30(34(48)39-20-28(38)44)43-35(49)31(23(3)4)42-33(47)27(19-29(45)51-21-25-16-12-9-13-17-25)40-32(46)26(18-24-14-10-8-11-15-24)41-36(50)52-37(5,6)7/h8-17,22-23,26-27,30-31H,18-21H2,1-7H3,(H2,38,44)(H,39,48)(H,40,46)(H,41,50)(H,42,47)(H,43,49)/t26-,27-,30-,31-/m0/s1. The van der Waals surface area contributed by atoms with Crippen LogP contribution >= 0.6 is 0 Å². The number of primary amides is 1. The Balaban J connectivity index is 2.36. The molecule has 0 aliphatic rings. The van der Waals surface area contributed by atoms with E-state index in [4.69, 9.17) is 15.2 Å². The highest BCUT2D eigenvalue weighted by atomic mass is 16.6. The second-order valence-electron chi connectivity index (χ2n) is 13.9. The molecule has 2 aromatic carbocycles. The summed E-state index contributed by atoms with van der Waals surface area (Å²) in [6, 6.07) is 12.6. The van der Waals surface area contributed by atoms with Crippen molar-refractivity contribution in [3.05, 3.63) is 71.8 Å². The average molecular weight is 725 g/mol. The van der Waals surface area contributed by atoms with Gasteiger partial charge in [0.25, 0.3) is 0 Å². The van der Waals surface area contributed by atoms with Gasteiger partial charge < -0.3 is 41.8 Å². The molecule has 52 heavy (non-hydrogen) atoms. The number of esters is 1. The third kappa shape index (κ3) is 15.6. The maximum atomic E-state index is 13.9. The number of benzene rings is 2. The molecule has 0 aliphatic heterocycles. The Labute approximate surface area is 304 Å². The van der Waals surface area contributed by atoms with Crippen molar-refractivity contribution < 1.29 is 43.0 Å². The Hall–Kier alpha value is -5.47. The van der Waals surface area contributed by atoms with Crippen LogP contribution < -0.4 is 32.3 Å². The van der Waals surface area contributed by atoms with Crippen LogP contribution in [0, 0.1) is 11.8 Å². The molecule has 6 amide bonds. The van der Waals surface area contributed by atoms with E-state index in [1.807, 2.05) is 0 Å². The lowest BCUT2D eigenvalue weighted by Gasteiger charge is -2.29. The van der Waals surface area contributed by atoms with Crippen molar-refractivity contribution in [2.75, 3.05) is 6.54 Å². The summed E-state index contributed by atoms with van der Waals surface area (Å²) >= 11 is 0. The first-order valence-corrected chi connectivity index (χ1v) is 17.1. The maximum absolute atomic E-state index is 13.9. The largest absolute Gasteiger partial charge is 0.461 e. The van der Waals surface area contributed by atoms with Crippen LogP contribution in [-0.4, -0.2) is 77.9 Å². The molecule has 0 spiro atoms. The normalized spacial score (nSPS) is 13.5. The van der Waals surface area contributed by atoms with Crippen LogP contribution in [0.3, 0.4) is 0 Å². The van der Waals surface area contributed by atoms with Crippen LogP contribution in [0.2, 0.25) is 0 Å². The Kier molecular flexibility index (Phi) is 16.7. The van der Waals surface area contributed by atoms with Crippen LogP contribution in [-0.2, 0) is 51.3 Å². The van der Waals surface area contributed by atoms with Crippen molar-refractivity contribution >= 4 is 41.6 Å². The second kappa shape index (κ2) is 20.4. The summed E-state index contributed by atoms with van der Waals surface area (Å²) in [7, 11) is 0. The molecule has 0 aromatic heterocycles. The fourth-order valence-corrected chi connectivity index (χ4v) is 4.81. The first kappa shape index (κ1) is 42.7. The number of ether oxygens (including phenoxy) is 2. The maximum Gasteiger partial charge on any atom is 0.408 e. The van der Waals surface area contributed by atoms with Gasteiger partial charge in [0.05, 0.1) is 13.0 Å². The Morgan fingerprint density at radius 1 is 0.654 bits per heavy atom. The molecule has 0 bridgehead atoms. The number of carbonyl (C=O) groups excluding carboxylic acids is 7. The van der Waals surface area contributed by atoms with E-state index in [9.17, 15) is 33.6 Å². The zero-order valence-corrected chi connectivity index (χ0v) is 30.8. The van der Waals surface area contributed by atoms with Gasteiger partial charge in [0.1, 0.15) is 36.4 Å². The predicted molar refractivity (Wildman–Crippen MR) is 192 cm³/mol. The molecule has 284 valence electrons. The molecule has 0 unspecified atom stereocenters. The summed E-state index contributed by atoms with van der Waals surface area (Å²) in [6.07, 6.45) is -1.47. The van der Waals surface area contributed by atoms with Crippen molar-refractivity contribution in [2.45, 2.75) is 97.7 Å². The summed E-state index contributed by atoms with van der Waals surface area (Å²) < 4.78 is 10.8. The summed E-state index contributed by atoms with van der Waals surface area (Å²) in [5, 5.41) is 12.7. The average Bonchev–Trinajstić information content (AvgIpc) is 3.06. The number of carbonyl (C=O) groups is 7. The first-order chi connectivity index (χ1) is 24.4. The van der Waals surface area contributed by atoms with Crippen LogP contribution in [0.25, 0.3) is 0 Å². The van der Waals surface area contributed by atoms with Gasteiger partial charge in [-0.15, -0.1) is 0 Å². The van der Waals surface area contributed by atoms with E-state index in [0.717, 1.165) is 0 Å². The first-order valence-electron chi connectivity index (χ1n) is 17.1. The van der Waals surface area contributed by atoms with Gasteiger partial charge in [-0.1, -0.05) is 88.4 Å². The minimum absolute atomic E-state index is 0.0180. The lowest BCUT2D eigenvalue weighted by atomic mass is 9.99. The molecule has 2 rings (SSSR count). The third-order valence-corrected chi connectivity index (χ3v) is 7.47. The van der Waals surface area contributed by atoms with E-state index < -0.39 is 96.2 Å². The summed E-state index contributed by atoms with van der Waals surface area (Å²) in [5.74, 6) is -5.59. The van der Waals surface area contributed by atoms with Gasteiger partial charge in [0.15, 0.2) is 0 Å². The highest BCUT2D eigenvalue weighted by Crippen LogP contribution is 2.12. The van der Waals surface area contributed by atoms with Crippen LogP contribution in [0.15, 0.2) is 60.7 Å². The van der Waals surface area contributed by atoms with Crippen LogP contribution in [0.4, 0.5) is 4.79 Å². The zero-order chi connectivity index (χ0) is 39.0. The van der Waals surface area contributed by atoms with Crippen molar-refractivity contribution in [2.24, 2.45) is 17.6 Å². The second-order valence-corrected chi connectivity index (χ2v) is 13.9. The van der Waals surface area contributed by atoms with Gasteiger partial charge in [-0.2, -0.15) is 0 Å². The Morgan fingerprint density at radius 3 is 1.67 bits per heavy atom. The molecular formula is C37H52N6O9. The molecule has 0 saturated carbocycles. The quantitative estimate of drug-likeness (QED) is 0.123. The van der Waals surface area contributed by atoms with E-state index in [0.29, 0.717) is 11.1 Å². The SMILES string of the molecule is CC(C)[C@H](NC(=O)[C@H](CC(=O)OCc1ccccc1)NC(=O)[C@H](Cc1ccccc1)NC(=O)OC(C)(C)C)C(=O)N[C@H](C(=O)NCC(N)=O)C(C)C.